The van der Waals surface area contributed by atoms with E-state index in [1.165, 1.54) is 0 Å². The minimum Gasteiger partial charge on any atom is -0.383 e. The van der Waals surface area contributed by atoms with E-state index in [4.69, 9.17) is 21.2 Å². The number of hydrogen-bond donors (Lipinski definition) is 2. The van der Waals surface area contributed by atoms with E-state index < -0.39 is 0 Å². The molecule has 1 aliphatic heterocycles. The molecule has 0 radical (unpaired) electrons. The van der Waals surface area contributed by atoms with Gasteiger partial charge in [-0.3, -0.25) is 0 Å². The third-order valence-corrected chi connectivity index (χ3v) is 6.07. The molecule has 4 aromatic rings. The summed E-state index contributed by atoms with van der Waals surface area (Å²) in [6.07, 6.45) is 8.43. The van der Waals surface area contributed by atoms with Crippen molar-refractivity contribution in [1.82, 2.24) is 24.4 Å². The van der Waals surface area contributed by atoms with Gasteiger partial charge >= 0.3 is 0 Å². The Hall–Kier alpha value is -2.75. The van der Waals surface area contributed by atoms with Crippen LogP contribution in [0.3, 0.4) is 0 Å². The second-order valence-electron chi connectivity index (χ2n) is 7.36. The van der Waals surface area contributed by atoms with Gasteiger partial charge in [0.15, 0.2) is 5.65 Å². The van der Waals surface area contributed by atoms with Crippen LogP contribution >= 0.6 is 15.9 Å². The van der Waals surface area contributed by atoms with Gasteiger partial charge in [-0.2, -0.15) is 14.7 Å². The van der Waals surface area contributed by atoms with Gasteiger partial charge in [-0.15, -0.1) is 0 Å². The van der Waals surface area contributed by atoms with Gasteiger partial charge in [0.2, 0.25) is 0 Å². The van der Waals surface area contributed by atoms with Crippen LogP contribution in [0.15, 0.2) is 53.4 Å². The number of benzene rings is 1. The molecular weight excluding hydrogens is 458 g/mol. The summed E-state index contributed by atoms with van der Waals surface area (Å²) >= 11 is 3.50. The van der Waals surface area contributed by atoms with E-state index in [1.54, 1.807) is 10.7 Å². The molecule has 9 heteroatoms. The van der Waals surface area contributed by atoms with Gasteiger partial charge in [-0.25, -0.2) is 9.67 Å². The quantitative estimate of drug-likeness (QED) is 0.460. The lowest BCUT2D eigenvalue weighted by Crippen LogP contribution is -2.28. The van der Waals surface area contributed by atoms with Crippen molar-refractivity contribution in [2.45, 2.75) is 32.2 Å². The van der Waals surface area contributed by atoms with Crippen molar-refractivity contribution in [2.24, 2.45) is 5.73 Å². The maximum atomic E-state index is 6.18. The summed E-state index contributed by atoms with van der Waals surface area (Å²) in [6.45, 7) is 3.77. The van der Waals surface area contributed by atoms with Crippen LogP contribution in [0.2, 0.25) is 0 Å². The van der Waals surface area contributed by atoms with Crippen molar-refractivity contribution in [3.8, 4) is 16.8 Å². The number of rotatable bonds is 3. The maximum Gasteiger partial charge on any atom is 0.165 e. The van der Waals surface area contributed by atoms with Crippen molar-refractivity contribution in [2.75, 3.05) is 18.9 Å². The molecule has 1 aliphatic rings. The lowest BCUT2D eigenvalue weighted by Gasteiger charge is -2.16. The molecule has 0 bridgehead atoms. The number of nitrogens with zero attached hydrogens (tertiary/aromatic N) is 5. The Morgan fingerprint density at radius 1 is 1.13 bits per heavy atom. The molecule has 0 amide bonds. The second kappa shape index (κ2) is 9.59. The molecule has 1 aromatic carbocycles. The van der Waals surface area contributed by atoms with Crippen molar-refractivity contribution < 1.29 is 4.74 Å². The van der Waals surface area contributed by atoms with E-state index in [1.807, 2.05) is 54.3 Å². The topological polar surface area (TPSA) is 109 Å². The molecule has 162 valence electrons. The second-order valence-corrected chi connectivity index (χ2v) is 8.16. The van der Waals surface area contributed by atoms with Crippen molar-refractivity contribution in [3.05, 3.63) is 59.1 Å². The average molecular weight is 484 g/mol. The first kappa shape index (κ1) is 21.5. The molecule has 5 rings (SSSR count). The maximum absolute atomic E-state index is 6.18. The molecule has 4 N–H and O–H groups in total. The molecule has 0 spiro atoms. The lowest BCUT2D eigenvalue weighted by molar-refractivity contribution is 0.0866. The molecule has 0 unspecified atom stereocenters. The zero-order valence-corrected chi connectivity index (χ0v) is 19.0. The Morgan fingerprint density at radius 3 is 2.52 bits per heavy atom. The van der Waals surface area contributed by atoms with Crippen molar-refractivity contribution in [3.63, 3.8) is 0 Å². The van der Waals surface area contributed by atoms with Gasteiger partial charge in [0.05, 0.1) is 28.2 Å². The Bertz CT molecular complexity index is 1150. The first-order chi connectivity index (χ1) is 15.1. The van der Waals surface area contributed by atoms with Gasteiger partial charge in [-0.05, 0) is 47.3 Å². The molecule has 31 heavy (non-hydrogen) atoms. The van der Waals surface area contributed by atoms with E-state index in [0.29, 0.717) is 11.9 Å². The summed E-state index contributed by atoms with van der Waals surface area (Å²) < 4.78 is 9.34. The van der Waals surface area contributed by atoms with Crippen LogP contribution in [0, 0.1) is 0 Å². The first-order valence-corrected chi connectivity index (χ1v) is 11.1. The number of aromatic nitrogens is 5. The van der Waals surface area contributed by atoms with Crippen LogP contribution in [0.1, 0.15) is 25.5 Å². The van der Waals surface area contributed by atoms with E-state index in [2.05, 4.69) is 26.1 Å². The van der Waals surface area contributed by atoms with Crippen LogP contribution in [-0.2, 0) is 11.2 Å². The third-order valence-electron chi connectivity index (χ3n) is 5.21. The number of nitrogens with two attached hydrogens (primary N) is 2. The summed E-state index contributed by atoms with van der Waals surface area (Å²) in [4.78, 5) is 4.71. The average Bonchev–Trinajstić information content (AvgIpc) is 3.45. The SMILES string of the molecule is CCc1nc2c(-c3cnn(-c4ccccc4)c3)cnn2c(N)c1Br.NC1CCOCC1. The highest BCUT2D eigenvalue weighted by atomic mass is 79.9. The molecule has 0 atom stereocenters. The Labute approximate surface area is 189 Å². The zero-order valence-electron chi connectivity index (χ0n) is 17.4. The zero-order chi connectivity index (χ0) is 21.8. The highest BCUT2D eigenvalue weighted by molar-refractivity contribution is 9.10. The molecule has 4 heterocycles. The summed E-state index contributed by atoms with van der Waals surface area (Å²) in [7, 11) is 0. The largest absolute Gasteiger partial charge is 0.383 e. The fraction of sp³-hybridized carbons (Fsp3) is 0.318. The first-order valence-electron chi connectivity index (χ1n) is 10.3. The summed E-state index contributed by atoms with van der Waals surface area (Å²) in [6, 6.07) is 10.4. The van der Waals surface area contributed by atoms with Crippen molar-refractivity contribution >= 4 is 27.4 Å². The highest BCUT2D eigenvalue weighted by Crippen LogP contribution is 2.30. The fourth-order valence-corrected chi connectivity index (χ4v) is 3.92. The van der Waals surface area contributed by atoms with Gasteiger partial charge in [0, 0.05) is 36.6 Å². The van der Waals surface area contributed by atoms with Gasteiger partial charge < -0.3 is 16.2 Å². The third kappa shape index (κ3) is 4.63. The number of halogens is 1. The van der Waals surface area contributed by atoms with Crippen LogP contribution in [0.4, 0.5) is 5.82 Å². The van der Waals surface area contributed by atoms with Gasteiger partial charge in [0.1, 0.15) is 5.82 Å². The monoisotopic (exact) mass is 483 g/mol. The molecule has 8 nitrogen and oxygen atoms in total. The molecule has 0 saturated carbocycles. The van der Waals surface area contributed by atoms with Crippen molar-refractivity contribution in [1.29, 1.82) is 0 Å². The van der Waals surface area contributed by atoms with Gasteiger partial charge in [0.25, 0.3) is 0 Å². The number of aryl methyl sites for hydroxylation is 1. The molecular formula is C22H26BrN7O. The summed E-state index contributed by atoms with van der Waals surface area (Å²) in [5.41, 5.74) is 16.2. The molecule has 0 aliphatic carbocycles. The molecule has 1 saturated heterocycles. The minimum atomic E-state index is 0.411. The van der Waals surface area contributed by atoms with Crippen LogP contribution < -0.4 is 11.5 Å². The standard InChI is InChI=1S/C17H15BrN6.C5H11NO/c1-2-14-15(18)16(19)24-17(22-14)13(9-21-24)11-8-20-23(10-11)12-6-4-3-5-7-12;6-5-1-3-7-4-2-5/h3-10H,2,19H2,1H3;5H,1-4,6H2. The predicted molar refractivity (Wildman–Crippen MR) is 125 cm³/mol. The number of ether oxygens (including phenoxy) is 1. The van der Waals surface area contributed by atoms with Crippen LogP contribution in [0.5, 0.6) is 0 Å². The summed E-state index contributed by atoms with van der Waals surface area (Å²) in [5, 5.41) is 8.82. The number of hydrogen-bond acceptors (Lipinski definition) is 6. The van der Waals surface area contributed by atoms with E-state index >= 15 is 0 Å². The fourth-order valence-electron chi connectivity index (χ4n) is 3.38. The molecule has 3 aromatic heterocycles. The minimum absolute atomic E-state index is 0.411. The van der Waals surface area contributed by atoms with E-state index in [0.717, 1.165) is 65.1 Å². The number of para-hydroxylation sites is 1. The van der Waals surface area contributed by atoms with E-state index in [9.17, 15) is 0 Å². The van der Waals surface area contributed by atoms with Gasteiger partial charge in [-0.1, -0.05) is 25.1 Å². The molecule has 1 fully saturated rings. The summed E-state index contributed by atoms with van der Waals surface area (Å²) in [5.74, 6) is 0.554. The van der Waals surface area contributed by atoms with Crippen LogP contribution in [0.25, 0.3) is 22.5 Å². The Balaban J connectivity index is 0.000000282. The Morgan fingerprint density at radius 2 is 1.87 bits per heavy atom. The number of nitrogen functional groups attached to an aromatic ring is 1. The number of anilines is 1. The lowest BCUT2D eigenvalue weighted by atomic mass is 10.1. The highest BCUT2D eigenvalue weighted by Gasteiger charge is 2.16. The Kier molecular flexibility index (Phi) is 6.64. The normalized spacial score (nSPS) is 14.4. The number of fused-ring (bicyclic) bond motifs is 1. The predicted octanol–water partition coefficient (Wildman–Crippen LogP) is 3.61. The van der Waals surface area contributed by atoms with Crippen LogP contribution in [-0.4, -0.2) is 43.6 Å². The smallest absolute Gasteiger partial charge is 0.165 e. The van der Waals surface area contributed by atoms with E-state index in [-0.39, 0.29) is 0 Å².